The van der Waals surface area contributed by atoms with Gasteiger partial charge in [-0.2, -0.15) is 4.31 Å². The van der Waals surface area contributed by atoms with E-state index in [1.165, 1.54) is 16.4 Å². The van der Waals surface area contributed by atoms with Crippen molar-refractivity contribution < 1.29 is 13.2 Å². The van der Waals surface area contributed by atoms with Gasteiger partial charge in [-0.3, -0.25) is 4.79 Å². The lowest BCUT2D eigenvalue weighted by molar-refractivity contribution is 0.0930. The second-order valence-corrected chi connectivity index (χ2v) is 9.27. The number of sulfonamides is 1. The molecule has 28 heavy (non-hydrogen) atoms. The molecule has 0 radical (unpaired) electrons. The van der Waals surface area contributed by atoms with Crippen LogP contribution in [0.4, 0.5) is 0 Å². The Hall–Kier alpha value is -2.22. The van der Waals surface area contributed by atoms with Gasteiger partial charge in [0.2, 0.25) is 10.0 Å². The summed E-state index contributed by atoms with van der Waals surface area (Å²) >= 11 is 0. The normalized spacial score (nSPS) is 16.2. The van der Waals surface area contributed by atoms with Crippen molar-refractivity contribution >= 4 is 15.9 Å². The van der Waals surface area contributed by atoms with Gasteiger partial charge in [-0.15, -0.1) is 0 Å². The highest BCUT2D eigenvalue weighted by Gasteiger charge is 2.27. The average Bonchev–Trinajstić information content (AvgIpc) is 3.23. The molecular formula is C21H27N3O3S. The molecule has 7 heteroatoms. The summed E-state index contributed by atoms with van der Waals surface area (Å²) in [6, 6.07) is 15.9. The molecule has 1 heterocycles. The van der Waals surface area contributed by atoms with Crippen molar-refractivity contribution in [2.75, 3.05) is 33.7 Å². The average molecular weight is 402 g/mol. The maximum Gasteiger partial charge on any atom is 0.251 e. The van der Waals surface area contributed by atoms with Crippen molar-refractivity contribution in [1.29, 1.82) is 0 Å². The van der Waals surface area contributed by atoms with Gasteiger partial charge >= 0.3 is 0 Å². The summed E-state index contributed by atoms with van der Waals surface area (Å²) in [5, 5.41) is 3.05. The number of rotatable bonds is 7. The zero-order valence-electron chi connectivity index (χ0n) is 16.3. The van der Waals surface area contributed by atoms with Gasteiger partial charge in [-0.1, -0.05) is 30.3 Å². The van der Waals surface area contributed by atoms with Gasteiger partial charge < -0.3 is 10.2 Å². The summed E-state index contributed by atoms with van der Waals surface area (Å²) in [7, 11) is 0.449. The highest BCUT2D eigenvalue weighted by molar-refractivity contribution is 7.89. The number of carbonyl (C=O) groups is 1. The topological polar surface area (TPSA) is 69.7 Å². The molecule has 1 saturated heterocycles. The van der Waals surface area contributed by atoms with Crippen molar-refractivity contribution in [2.24, 2.45) is 0 Å². The highest BCUT2D eigenvalue weighted by Crippen LogP contribution is 2.21. The number of hydrogen-bond donors (Lipinski definition) is 1. The van der Waals surface area contributed by atoms with Gasteiger partial charge in [-0.25, -0.2) is 8.42 Å². The van der Waals surface area contributed by atoms with E-state index in [-0.39, 0.29) is 16.8 Å². The smallest absolute Gasteiger partial charge is 0.251 e. The number of nitrogens with zero attached hydrogens (tertiary/aromatic N) is 2. The van der Waals surface area contributed by atoms with Crippen LogP contribution in [0.3, 0.4) is 0 Å². The van der Waals surface area contributed by atoms with Crippen molar-refractivity contribution in [3.05, 3.63) is 65.7 Å². The third-order valence-corrected chi connectivity index (χ3v) is 6.79. The monoisotopic (exact) mass is 401 g/mol. The Labute approximate surface area is 167 Å². The molecule has 1 fully saturated rings. The first kappa shape index (κ1) is 20.5. The van der Waals surface area contributed by atoms with Crippen molar-refractivity contribution in [2.45, 2.75) is 23.8 Å². The van der Waals surface area contributed by atoms with Crippen molar-refractivity contribution in [1.82, 2.24) is 14.5 Å². The fourth-order valence-corrected chi connectivity index (χ4v) is 4.90. The molecule has 1 N–H and O–H groups in total. The SMILES string of the molecule is CN(C)C[C@@H](NC(=O)c1ccc(S(=O)(=O)N2CCCC2)cc1)c1ccccc1. The fraction of sp³-hybridized carbons (Fsp3) is 0.381. The van der Waals surface area contributed by atoms with E-state index in [1.807, 2.05) is 49.3 Å². The number of nitrogens with one attached hydrogen (secondary N) is 1. The molecule has 2 aromatic rings. The zero-order chi connectivity index (χ0) is 20.1. The maximum atomic E-state index is 12.7. The van der Waals surface area contributed by atoms with Crippen LogP contribution in [0.5, 0.6) is 0 Å². The van der Waals surface area contributed by atoms with Gasteiger partial charge in [0.05, 0.1) is 10.9 Å². The molecule has 2 aromatic carbocycles. The largest absolute Gasteiger partial charge is 0.344 e. The molecular weight excluding hydrogens is 374 g/mol. The van der Waals surface area contributed by atoms with Gasteiger partial charge in [0.15, 0.2) is 0 Å². The Kier molecular flexibility index (Phi) is 6.49. The van der Waals surface area contributed by atoms with Crippen LogP contribution in [-0.2, 0) is 10.0 Å². The van der Waals surface area contributed by atoms with Crippen LogP contribution in [0, 0.1) is 0 Å². The summed E-state index contributed by atoms with van der Waals surface area (Å²) in [6.45, 7) is 1.79. The van der Waals surface area contributed by atoms with Gasteiger partial charge in [0, 0.05) is 25.2 Å². The molecule has 1 aliphatic rings. The lowest BCUT2D eigenvalue weighted by Gasteiger charge is -2.23. The van der Waals surface area contributed by atoms with Gasteiger partial charge in [0.1, 0.15) is 0 Å². The van der Waals surface area contributed by atoms with Crippen LogP contribution >= 0.6 is 0 Å². The third-order valence-electron chi connectivity index (χ3n) is 4.87. The molecule has 0 aromatic heterocycles. The van der Waals surface area contributed by atoms with Gasteiger partial charge in [-0.05, 0) is 56.8 Å². The maximum absolute atomic E-state index is 12.7. The summed E-state index contributed by atoms with van der Waals surface area (Å²) < 4.78 is 26.7. The zero-order valence-corrected chi connectivity index (χ0v) is 17.2. The molecule has 0 aliphatic carbocycles. The Balaban J connectivity index is 1.74. The Morgan fingerprint density at radius 3 is 2.21 bits per heavy atom. The number of benzene rings is 2. The van der Waals surface area contributed by atoms with Crippen LogP contribution in [0.25, 0.3) is 0 Å². The summed E-state index contributed by atoms with van der Waals surface area (Å²) in [6.07, 6.45) is 1.79. The molecule has 1 aliphatic heterocycles. The van der Waals surface area contributed by atoms with E-state index >= 15 is 0 Å². The van der Waals surface area contributed by atoms with Gasteiger partial charge in [0.25, 0.3) is 5.91 Å². The Morgan fingerprint density at radius 2 is 1.64 bits per heavy atom. The standard InChI is InChI=1S/C21H27N3O3S/c1-23(2)16-20(17-8-4-3-5-9-17)22-21(25)18-10-12-19(13-11-18)28(26,27)24-14-6-7-15-24/h3-5,8-13,20H,6-7,14-16H2,1-2H3,(H,22,25)/t20-/m1/s1. The molecule has 1 amide bonds. The van der Waals surface area contributed by atoms with Crippen LogP contribution in [0.15, 0.2) is 59.5 Å². The number of amides is 1. The summed E-state index contributed by atoms with van der Waals surface area (Å²) in [5.74, 6) is -0.221. The first-order valence-corrected chi connectivity index (χ1v) is 10.9. The minimum Gasteiger partial charge on any atom is -0.344 e. The Morgan fingerprint density at radius 1 is 1.04 bits per heavy atom. The molecule has 1 atom stereocenters. The molecule has 0 spiro atoms. The quantitative estimate of drug-likeness (QED) is 0.774. The van der Waals surface area contributed by atoms with E-state index < -0.39 is 10.0 Å². The first-order chi connectivity index (χ1) is 13.4. The van der Waals surface area contributed by atoms with E-state index in [2.05, 4.69) is 5.32 Å². The summed E-state index contributed by atoms with van der Waals surface area (Å²) in [5.41, 5.74) is 1.47. The molecule has 0 saturated carbocycles. The highest BCUT2D eigenvalue weighted by atomic mass is 32.2. The molecule has 6 nitrogen and oxygen atoms in total. The van der Waals surface area contributed by atoms with Crippen molar-refractivity contribution in [3.8, 4) is 0 Å². The second kappa shape index (κ2) is 8.86. The lowest BCUT2D eigenvalue weighted by atomic mass is 10.1. The number of carbonyl (C=O) groups excluding carboxylic acids is 1. The molecule has 0 bridgehead atoms. The van der Waals surface area contributed by atoms with E-state index in [1.54, 1.807) is 12.1 Å². The number of likely N-dealkylation sites (N-methyl/N-ethyl adjacent to an activating group) is 1. The summed E-state index contributed by atoms with van der Waals surface area (Å²) in [4.78, 5) is 15.0. The van der Waals surface area contributed by atoms with Crippen LogP contribution in [0.1, 0.15) is 34.8 Å². The van der Waals surface area contributed by atoms with Crippen LogP contribution < -0.4 is 5.32 Å². The predicted octanol–water partition coefficient (Wildman–Crippen LogP) is 2.50. The van der Waals surface area contributed by atoms with E-state index in [9.17, 15) is 13.2 Å². The molecule has 150 valence electrons. The van der Waals surface area contributed by atoms with E-state index in [0.717, 1.165) is 18.4 Å². The minimum atomic E-state index is -3.47. The fourth-order valence-electron chi connectivity index (χ4n) is 3.38. The van der Waals surface area contributed by atoms with E-state index in [4.69, 9.17) is 0 Å². The van der Waals surface area contributed by atoms with Crippen LogP contribution in [-0.4, -0.2) is 57.3 Å². The first-order valence-electron chi connectivity index (χ1n) is 9.48. The second-order valence-electron chi connectivity index (χ2n) is 7.33. The predicted molar refractivity (Wildman–Crippen MR) is 110 cm³/mol. The third kappa shape index (κ3) is 4.79. The van der Waals surface area contributed by atoms with Crippen LogP contribution in [0.2, 0.25) is 0 Å². The minimum absolute atomic E-state index is 0.156. The number of hydrogen-bond acceptors (Lipinski definition) is 4. The van der Waals surface area contributed by atoms with E-state index in [0.29, 0.717) is 25.2 Å². The Bertz CT molecular complexity index is 890. The molecule has 3 rings (SSSR count). The molecule has 0 unspecified atom stereocenters. The van der Waals surface area contributed by atoms with Crippen molar-refractivity contribution in [3.63, 3.8) is 0 Å². The lowest BCUT2D eigenvalue weighted by Crippen LogP contribution is -2.35.